The molecular weight excluding hydrogens is 438 g/mol. The summed E-state index contributed by atoms with van der Waals surface area (Å²) in [5, 5.41) is 12.2. The van der Waals surface area contributed by atoms with E-state index < -0.39 is 22.1 Å². The zero-order valence-corrected chi connectivity index (χ0v) is 19.4. The highest BCUT2D eigenvalue weighted by molar-refractivity contribution is 7.88. The summed E-state index contributed by atoms with van der Waals surface area (Å²) in [6.07, 6.45) is 6.99. The summed E-state index contributed by atoms with van der Waals surface area (Å²) < 4.78 is 26.4. The number of carbonyl (C=O) groups is 2. The molecule has 11 heteroatoms. The molecule has 2 fully saturated rings. The number of nitrogen functional groups attached to an aromatic ring is 1. The van der Waals surface area contributed by atoms with Crippen LogP contribution in [0.25, 0.3) is 0 Å². The largest absolute Gasteiger partial charge is 0.383 e. The van der Waals surface area contributed by atoms with Crippen LogP contribution in [0.5, 0.6) is 0 Å². The van der Waals surface area contributed by atoms with Crippen LogP contribution in [0.2, 0.25) is 0 Å². The lowest BCUT2D eigenvalue weighted by molar-refractivity contribution is -0.141. The van der Waals surface area contributed by atoms with Gasteiger partial charge in [-0.1, -0.05) is 19.3 Å². The van der Waals surface area contributed by atoms with Gasteiger partial charge in [0.05, 0.1) is 11.1 Å². The molecular formula is C20H31N5O4S2. The zero-order chi connectivity index (χ0) is 22.6. The first kappa shape index (κ1) is 23.7. The number of thiophene rings is 1. The molecule has 9 nitrogen and oxygen atoms in total. The average Bonchev–Trinajstić information content (AvgIpc) is 3.39. The fourth-order valence-electron chi connectivity index (χ4n) is 4.44. The molecule has 0 radical (unpaired) electrons. The first-order valence-electron chi connectivity index (χ1n) is 10.6. The lowest BCUT2D eigenvalue weighted by atomic mass is 9.83. The maximum atomic E-state index is 13.4. The van der Waals surface area contributed by atoms with Gasteiger partial charge in [0.1, 0.15) is 17.9 Å². The van der Waals surface area contributed by atoms with Crippen LogP contribution in [0.4, 0.5) is 0 Å². The topological polar surface area (TPSA) is 145 Å². The van der Waals surface area contributed by atoms with Crippen molar-refractivity contribution in [3.63, 3.8) is 0 Å². The molecule has 172 valence electrons. The van der Waals surface area contributed by atoms with Crippen molar-refractivity contribution in [2.75, 3.05) is 12.8 Å². The number of carbonyl (C=O) groups excluding carboxylic acids is 2. The molecule has 1 aromatic rings. The molecule has 0 bridgehead atoms. The third kappa shape index (κ3) is 6.27. The van der Waals surface area contributed by atoms with Crippen molar-refractivity contribution in [1.29, 1.82) is 5.41 Å². The summed E-state index contributed by atoms with van der Waals surface area (Å²) in [6.45, 7) is 0.729. The first-order valence-corrected chi connectivity index (χ1v) is 13.4. The van der Waals surface area contributed by atoms with Crippen LogP contribution in [-0.4, -0.2) is 55.9 Å². The average molecular weight is 470 g/mol. The molecule has 31 heavy (non-hydrogen) atoms. The third-order valence-electron chi connectivity index (χ3n) is 5.95. The molecule has 1 aromatic heterocycles. The molecule has 2 aliphatic rings. The summed E-state index contributed by atoms with van der Waals surface area (Å²) in [6, 6.07) is 0.338. The number of hydrogen-bond donors (Lipinski definition) is 4. The number of hydrogen-bond acceptors (Lipinski definition) is 6. The Morgan fingerprint density at radius 2 is 1.97 bits per heavy atom. The maximum Gasteiger partial charge on any atom is 0.243 e. The molecule has 1 aliphatic carbocycles. The van der Waals surface area contributed by atoms with E-state index in [1.807, 2.05) is 5.38 Å². The quantitative estimate of drug-likeness (QED) is 0.333. The minimum Gasteiger partial charge on any atom is -0.383 e. The Morgan fingerprint density at radius 3 is 2.58 bits per heavy atom. The Labute approximate surface area is 187 Å². The van der Waals surface area contributed by atoms with Crippen molar-refractivity contribution in [2.45, 2.75) is 63.6 Å². The third-order valence-corrected chi connectivity index (χ3v) is 7.65. The second-order valence-corrected chi connectivity index (χ2v) is 11.1. The van der Waals surface area contributed by atoms with Crippen LogP contribution in [0, 0.1) is 11.3 Å². The minimum atomic E-state index is -3.56. The molecule has 0 spiro atoms. The van der Waals surface area contributed by atoms with E-state index in [9.17, 15) is 18.0 Å². The van der Waals surface area contributed by atoms with E-state index >= 15 is 0 Å². The molecule has 2 amide bonds. The van der Waals surface area contributed by atoms with Gasteiger partial charge in [-0.3, -0.25) is 15.0 Å². The minimum absolute atomic E-state index is 0.0118. The number of sulfonamides is 1. The molecule has 2 heterocycles. The van der Waals surface area contributed by atoms with Crippen LogP contribution >= 0.6 is 11.3 Å². The molecule has 2 atom stereocenters. The van der Waals surface area contributed by atoms with Crippen LogP contribution in [0.1, 0.15) is 55.4 Å². The van der Waals surface area contributed by atoms with Gasteiger partial charge in [-0.05, 0) is 48.6 Å². The second-order valence-electron chi connectivity index (χ2n) is 8.41. The van der Waals surface area contributed by atoms with Gasteiger partial charge in [-0.25, -0.2) is 13.1 Å². The normalized spacial score (nSPS) is 21.1. The van der Waals surface area contributed by atoms with Crippen LogP contribution in [-0.2, 0) is 26.2 Å². The number of amides is 2. The summed E-state index contributed by atoms with van der Waals surface area (Å²) in [5.41, 5.74) is 6.33. The highest BCUT2D eigenvalue weighted by Gasteiger charge is 2.40. The predicted octanol–water partition coefficient (Wildman–Crippen LogP) is 1.14. The summed E-state index contributed by atoms with van der Waals surface area (Å²) in [5.74, 6) is -0.606. The fourth-order valence-corrected chi connectivity index (χ4v) is 5.98. The summed E-state index contributed by atoms with van der Waals surface area (Å²) in [7, 11) is -3.56. The molecule has 1 aliphatic heterocycles. The molecule has 1 saturated carbocycles. The van der Waals surface area contributed by atoms with Crippen LogP contribution < -0.4 is 15.8 Å². The summed E-state index contributed by atoms with van der Waals surface area (Å²) >= 11 is 1.34. The maximum absolute atomic E-state index is 13.4. The van der Waals surface area contributed by atoms with Gasteiger partial charge in [-0.2, -0.15) is 0 Å². The molecule has 0 aromatic carbocycles. The highest BCUT2D eigenvalue weighted by atomic mass is 32.2. The highest BCUT2D eigenvalue weighted by Crippen LogP contribution is 2.29. The lowest BCUT2D eigenvalue weighted by Crippen LogP contribution is -2.55. The van der Waals surface area contributed by atoms with Crippen molar-refractivity contribution in [3.05, 3.63) is 21.9 Å². The van der Waals surface area contributed by atoms with Gasteiger partial charge in [0.15, 0.2) is 0 Å². The Balaban J connectivity index is 1.67. The zero-order valence-electron chi connectivity index (χ0n) is 17.7. The van der Waals surface area contributed by atoms with Crippen molar-refractivity contribution < 1.29 is 18.0 Å². The van der Waals surface area contributed by atoms with E-state index in [0.717, 1.165) is 43.9 Å². The van der Waals surface area contributed by atoms with Gasteiger partial charge >= 0.3 is 0 Å². The number of nitrogens with one attached hydrogen (secondary N) is 3. The fraction of sp³-hybridized carbons (Fsp3) is 0.650. The van der Waals surface area contributed by atoms with Gasteiger partial charge < -0.3 is 16.0 Å². The van der Waals surface area contributed by atoms with Gasteiger partial charge in [0.2, 0.25) is 21.8 Å². The van der Waals surface area contributed by atoms with Gasteiger partial charge in [0, 0.05) is 13.1 Å². The molecule has 1 unspecified atom stereocenters. The summed E-state index contributed by atoms with van der Waals surface area (Å²) in [4.78, 5) is 28.4. The Kier molecular flexibility index (Phi) is 7.71. The number of rotatable bonds is 8. The Hall–Kier alpha value is -1.98. The van der Waals surface area contributed by atoms with E-state index in [2.05, 4.69) is 10.0 Å². The number of amidine groups is 1. The number of likely N-dealkylation sites (tertiary alicyclic amines) is 1. The number of nitrogens with zero attached hydrogens (tertiary/aromatic N) is 1. The van der Waals surface area contributed by atoms with E-state index in [-0.39, 0.29) is 30.1 Å². The SMILES string of the molecule is CS(=O)(=O)N[C@@H](C(=O)N1CCCC1C(=O)NCc1csc(C(=N)N)c1)C1CCCCC1. The predicted molar refractivity (Wildman–Crippen MR) is 120 cm³/mol. The van der Waals surface area contributed by atoms with Crippen molar-refractivity contribution in [2.24, 2.45) is 11.7 Å². The van der Waals surface area contributed by atoms with Crippen molar-refractivity contribution in [1.82, 2.24) is 14.9 Å². The van der Waals surface area contributed by atoms with E-state index in [1.165, 1.54) is 11.3 Å². The van der Waals surface area contributed by atoms with Crippen LogP contribution in [0.15, 0.2) is 11.4 Å². The Bertz CT molecular complexity index is 924. The molecule has 5 N–H and O–H groups in total. The van der Waals surface area contributed by atoms with Gasteiger partial charge in [-0.15, -0.1) is 11.3 Å². The van der Waals surface area contributed by atoms with Crippen molar-refractivity contribution in [3.8, 4) is 0 Å². The standard InChI is InChI=1S/C20H31N5O4S2/c1-31(28,29)24-17(14-6-3-2-4-7-14)20(27)25-9-5-8-15(25)19(26)23-11-13-10-16(18(21)22)30-12-13/h10,12,14-15,17,24H,2-9,11H2,1H3,(H3,21,22)(H,23,26)/t15?,17-/m1/s1. The smallest absolute Gasteiger partial charge is 0.243 e. The molecule has 1 saturated heterocycles. The van der Waals surface area contributed by atoms with E-state index in [1.54, 1.807) is 11.0 Å². The second kappa shape index (κ2) is 10.1. The lowest BCUT2D eigenvalue weighted by Gasteiger charge is -2.34. The first-order chi connectivity index (χ1) is 14.7. The number of nitrogens with two attached hydrogens (primary N) is 1. The Morgan fingerprint density at radius 1 is 1.26 bits per heavy atom. The van der Waals surface area contributed by atoms with Crippen LogP contribution in [0.3, 0.4) is 0 Å². The van der Waals surface area contributed by atoms with Gasteiger partial charge in [0.25, 0.3) is 0 Å². The molecule has 3 rings (SSSR count). The monoisotopic (exact) mass is 469 g/mol. The van der Waals surface area contributed by atoms with E-state index in [0.29, 0.717) is 24.3 Å². The van der Waals surface area contributed by atoms with E-state index in [4.69, 9.17) is 11.1 Å². The van der Waals surface area contributed by atoms with Crippen molar-refractivity contribution >= 4 is 39.0 Å².